The molecule has 0 saturated heterocycles. The normalized spacial score (nSPS) is 14.9. The van der Waals surface area contributed by atoms with Gasteiger partial charge in [0.25, 0.3) is 0 Å². The van der Waals surface area contributed by atoms with Crippen LogP contribution in [-0.4, -0.2) is 17.4 Å². The summed E-state index contributed by atoms with van der Waals surface area (Å²) in [7, 11) is 0. The maximum absolute atomic E-state index is 10.6. The number of ketones is 1. The fourth-order valence-electron chi connectivity index (χ4n) is 0.698. The van der Waals surface area contributed by atoms with E-state index in [1.807, 2.05) is 0 Å². The van der Waals surface area contributed by atoms with Crippen molar-refractivity contribution in [2.24, 2.45) is 4.99 Å². The molecule has 0 bridgehead atoms. The van der Waals surface area contributed by atoms with Crippen molar-refractivity contribution in [2.75, 3.05) is 0 Å². The first-order valence-corrected chi connectivity index (χ1v) is 2.76. The Balaban J connectivity index is 3.04. The number of hydrogen-bond acceptors (Lipinski definition) is 3. The summed E-state index contributed by atoms with van der Waals surface area (Å²) in [6.07, 6.45) is 2.88. The minimum Gasteiger partial charge on any atom is -0.293 e. The number of hydrogen-bond donors (Lipinski definition) is 0. The van der Waals surface area contributed by atoms with Crippen molar-refractivity contribution >= 4 is 17.4 Å². The fourth-order valence-corrected chi connectivity index (χ4v) is 0.698. The number of carbonyl (C=O) groups is 1. The minimum absolute atomic E-state index is 0.204. The summed E-state index contributed by atoms with van der Waals surface area (Å²) in [6.45, 7) is 1.36. The molecule has 3 heteroatoms. The van der Waals surface area contributed by atoms with Gasteiger partial charge < -0.3 is 0 Å². The molecule has 0 amide bonds. The highest BCUT2D eigenvalue weighted by Gasteiger charge is 2.13. The van der Waals surface area contributed by atoms with Crippen LogP contribution < -0.4 is 0 Å². The Morgan fingerprint density at radius 3 is 2.80 bits per heavy atom. The average Bonchev–Trinajstić information content (AvgIpc) is 2.33. The van der Waals surface area contributed by atoms with Gasteiger partial charge in [0.15, 0.2) is 5.78 Å². The number of rotatable bonds is 1. The van der Waals surface area contributed by atoms with Gasteiger partial charge in [-0.05, 0) is 6.08 Å². The molecule has 0 aromatic heterocycles. The molecular weight excluding hydrogens is 130 g/mol. The molecule has 0 N–H and O–H groups in total. The Morgan fingerprint density at radius 1 is 1.70 bits per heavy atom. The number of Topliss-reactive ketones (excluding diaryl/α,β-unsaturated/α-hetero) is 1. The van der Waals surface area contributed by atoms with Crippen LogP contribution in [0.25, 0.3) is 0 Å². The summed E-state index contributed by atoms with van der Waals surface area (Å²) in [6, 6.07) is 0. The summed E-state index contributed by atoms with van der Waals surface area (Å²) < 4.78 is 0. The SMILES string of the molecule is CC(=O)C1=NC=CC1=C=O. The van der Waals surface area contributed by atoms with Crippen LogP contribution in [0.3, 0.4) is 0 Å². The van der Waals surface area contributed by atoms with Crippen molar-refractivity contribution in [3.8, 4) is 0 Å². The second kappa shape index (κ2) is 2.42. The maximum atomic E-state index is 10.6. The molecule has 10 heavy (non-hydrogen) atoms. The topological polar surface area (TPSA) is 46.5 Å². The number of aliphatic imine (C=N–C) groups is 1. The average molecular weight is 135 g/mol. The summed E-state index contributed by atoms with van der Waals surface area (Å²) in [5, 5.41) is 0. The third-order valence-electron chi connectivity index (χ3n) is 1.14. The van der Waals surface area contributed by atoms with E-state index in [0.717, 1.165) is 0 Å². The van der Waals surface area contributed by atoms with E-state index in [1.165, 1.54) is 19.2 Å². The summed E-state index contributed by atoms with van der Waals surface area (Å²) in [5.41, 5.74) is 0.447. The van der Waals surface area contributed by atoms with Gasteiger partial charge in [-0.25, -0.2) is 4.79 Å². The zero-order valence-corrected chi connectivity index (χ0v) is 5.42. The highest BCUT2D eigenvalue weighted by atomic mass is 16.1. The van der Waals surface area contributed by atoms with E-state index in [9.17, 15) is 9.59 Å². The van der Waals surface area contributed by atoms with E-state index >= 15 is 0 Å². The molecular formula is C7H5NO2. The Morgan fingerprint density at radius 2 is 2.40 bits per heavy atom. The Kier molecular flexibility index (Phi) is 1.61. The smallest absolute Gasteiger partial charge is 0.179 e. The Bertz CT molecular complexity index is 280. The maximum Gasteiger partial charge on any atom is 0.179 e. The van der Waals surface area contributed by atoms with Gasteiger partial charge in [0.1, 0.15) is 11.7 Å². The van der Waals surface area contributed by atoms with Gasteiger partial charge in [-0.1, -0.05) is 0 Å². The van der Waals surface area contributed by atoms with Crippen molar-refractivity contribution in [2.45, 2.75) is 6.92 Å². The lowest BCUT2D eigenvalue weighted by Crippen LogP contribution is -2.09. The van der Waals surface area contributed by atoms with E-state index in [-0.39, 0.29) is 17.1 Å². The van der Waals surface area contributed by atoms with Gasteiger partial charge >= 0.3 is 0 Å². The third kappa shape index (κ3) is 0.946. The number of carbonyl (C=O) groups excluding carboxylic acids is 2. The van der Waals surface area contributed by atoms with Gasteiger partial charge in [0, 0.05) is 13.1 Å². The molecule has 0 fully saturated rings. The first-order chi connectivity index (χ1) is 4.75. The Labute approximate surface area is 57.8 Å². The van der Waals surface area contributed by atoms with Gasteiger partial charge in [-0.3, -0.25) is 9.79 Å². The van der Waals surface area contributed by atoms with Crippen molar-refractivity contribution in [1.29, 1.82) is 0 Å². The van der Waals surface area contributed by atoms with E-state index < -0.39 is 0 Å². The zero-order chi connectivity index (χ0) is 7.56. The van der Waals surface area contributed by atoms with Gasteiger partial charge in [-0.15, -0.1) is 0 Å². The molecule has 1 aliphatic rings. The molecule has 0 atom stereocenters. The Hall–Kier alpha value is -1.47. The zero-order valence-electron chi connectivity index (χ0n) is 5.42. The van der Waals surface area contributed by atoms with E-state index in [2.05, 4.69) is 4.99 Å². The molecule has 50 valence electrons. The predicted octanol–water partition coefficient (Wildman–Crippen LogP) is 0.302. The monoisotopic (exact) mass is 135 g/mol. The molecule has 3 nitrogen and oxygen atoms in total. The van der Waals surface area contributed by atoms with E-state index in [4.69, 9.17) is 0 Å². The molecule has 0 aliphatic carbocycles. The largest absolute Gasteiger partial charge is 0.293 e. The molecule has 0 radical (unpaired) electrons. The summed E-state index contributed by atoms with van der Waals surface area (Å²) >= 11 is 0. The molecule has 0 saturated carbocycles. The highest BCUT2D eigenvalue weighted by molar-refractivity contribution is 6.48. The molecule has 0 unspecified atom stereocenters. The van der Waals surface area contributed by atoms with Crippen LogP contribution in [0.1, 0.15) is 6.92 Å². The molecule has 0 aromatic rings. The van der Waals surface area contributed by atoms with Crippen LogP contribution in [0.15, 0.2) is 22.8 Å². The lowest BCUT2D eigenvalue weighted by molar-refractivity contribution is -0.111. The first kappa shape index (κ1) is 6.65. The molecule has 0 spiro atoms. The van der Waals surface area contributed by atoms with Gasteiger partial charge in [0.05, 0.1) is 5.57 Å². The van der Waals surface area contributed by atoms with E-state index in [1.54, 1.807) is 5.94 Å². The lowest BCUT2D eigenvalue weighted by atomic mass is 10.1. The van der Waals surface area contributed by atoms with Crippen molar-refractivity contribution < 1.29 is 9.59 Å². The highest BCUT2D eigenvalue weighted by Crippen LogP contribution is 2.05. The van der Waals surface area contributed by atoms with Gasteiger partial charge in [0.2, 0.25) is 0 Å². The lowest BCUT2D eigenvalue weighted by Gasteiger charge is -1.88. The quantitative estimate of drug-likeness (QED) is 0.485. The van der Waals surface area contributed by atoms with Crippen LogP contribution in [0.5, 0.6) is 0 Å². The first-order valence-electron chi connectivity index (χ1n) is 2.76. The van der Waals surface area contributed by atoms with Crippen LogP contribution in [-0.2, 0) is 9.59 Å². The summed E-state index contributed by atoms with van der Waals surface area (Å²) in [4.78, 5) is 24.4. The predicted molar refractivity (Wildman–Crippen MR) is 36.5 cm³/mol. The second-order valence-corrected chi connectivity index (χ2v) is 1.87. The van der Waals surface area contributed by atoms with Crippen molar-refractivity contribution in [3.63, 3.8) is 0 Å². The third-order valence-corrected chi connectivity index (χ3v) is 1.14. The molecule has 1 rings (SSSR count). The van der Waals surface area contributed by atoms with Gasteiger partial charge in [-0.2, -0.15) is 0 Å². The van der Waals surface area contributed by atoms with Crippen LogP contribution in [0.2, 0.25) is 0 Å². The van der Waals surface area contributed by atoms with E-state index in [0.29, 0.717) is 0 Å². The standard InChI is InChI=1S/C7H5NO2/c1-5(10)7-6(4-9)2-3-8-7/h2-3H,1H3. The second-order valence-electron chi connectivity index (χ2n) is 1.87. The molecule has 1 heterocycles. The summed E-state index contributed by atoms with van der Waals surface area (Å²) in [5.74, 6) is 1.42. The van der Waals surface area contributed by atoms with Crippen molar-refractivity contribution in [3.05, 3.63) is 17.8 Å². The fraction of sp³-hybridized carbons (Fsp3) is 0.143. The van der Waals surface area contributed by atoms with Crippen LogP contribution >= 0.6 is 0 Å². The van der Waals surface area contributed by atoms with Crippen molar-refractivity contribution in [1.82, 2.24) is 0 Å². The number of allylic oxidation sites excluding steroid dienone is 2. The minimum atomic E-state index is -0.205. The molecule has 1 aliphatic heterocycles. The van der Waals surface area contributed by atoms with Crippen LogP contribution in [0, 0.1) is 0 Å². The van der Waals surface area contributed by atoms with Crippen LogP contribution in [0.4, 0.5) is 0 Å². The number of nitrogens with zero attached hydrogens (tertiary/aromatic N) is 1. The molecule has 0 aromatic carbocycles.